The van der Waals surface area contributed by atoms with Crippen molar-refractivity contribution in [2.75, 3.05) is 0 Å². The van der Waals surface area contributed by atoms with E-state index in [0.29, 0.717) is 16.8 Å². The van der Waals surface area contributed by atoms with Gasteiger partial charge in [-0.2, -0.15) is 5.26 Å². The molecule has 1 N–H and O–H groups in total. The predicted octanol–water partition coefficient (Wildman–Crippen LogP) is 3.32. The normalized spacial score (nSPS) is 10.3. The zero-order valence-corrected chi connectivity index (χ0v) is 11.1. The summed E-state index contributed by atoms with van der Waals surface area (Å²) in [6.07, 6.45) is 0. The Morgan fingerprint density at radius 3 is 2.58 bits per heavy atom. The number of rotatable bonds is 1. The van der Waals surface area contributed by atoms with Crippen LogP contribution < -0.4 is 5.56 Å². The summed E-state index contributed by atoms with van der Waals surface area (Å²) in [5.74, 6) is -0.518. The molecule has 0 aliphatic rings. The lowest BCUT2D eigenvalue weighted by Gasteiger charge is -2.12. The third-order valence-corrected chi connectivity index (χ3v) is 3.42. The van der Waals surface area contributed by atoms with Crippen LogP contribution in [0, 0.1) is 31.0 Å². The second-order valence-corrected chi connectivity index (χ2v) is 4.57. The first-order valence-electron chi connectivity index (χ1n) is 5.55. The molecule has 2 aromatic rings. The Labute approximate surface area is 114 Å². The van der Waals surface area contributed by atoms with Gasteiger partial charge in [-0.1, -0.05) is 17.7 Å². The molecule has 0 fully saturated rings. The average molecular weight is 277 g/mol. The highest BCUT2D eigenvalue weighted by atomic mass is 35.5. The van der Waals surface area contributed by atoms with Gasteiger partial charge < -0.3 is 4.98 Å². The predicted molar refractivity (Wildman–Crippen MR) is 71.7 cm³/mol. The van der Waals surface area contributed by atoms with Gasteiger partial charge in [0, 0.05) is 0 Å². The molecule has 1 heterocycles. The number of nitrogens with zero attached hydrogens (tertiary/aromatic N) is 1. The summed E-state index contributed by atoms with van der Waals surface area (Å²) in [7, 11) is 0. The van der Waals surface area contributed by atoms with Crippen molar-refractivity contribution in [2.45, 2.75) is 13.8 Å². The summed E-state index contributed by atoms with van der Waals surface area (Å²) in [5.41, 5.74) is 1.10. The van der Waals surface area contributed by atoms with Gasteiger partial charge in [0.25, 0.3) is 5.56 Å². The summed E-state index contributed by atoms with van der Waals surface area (Å²) in [5, 5.41) is 9.14. The first-order chi connectivity index (χ1) is 8.97. The van der Waals surface area contributed by atoms with Gasteiger partial charge in [0.05, 0.1) is 16.3 Å². The van der Waals surface area contributed by atoms with E-state index in [2.05, 4.69) is 4.98 Å². The number of hydrogen-bond acceptors (Lipinski definition) is 2. The van der Waals surface area contributed by atoms with E-state index in [1.807, 2.05) is 6.07 Å². The minimum Gasteiger partial charge on any atom is -0.320 e. The lowest BCUT2D eigenvalue weighted by molar-refractivity contribution is 0.630. The van der Waals surface area contributed by atoms with Crippen molar-refractivity contribution in [1.82, 2.24) is 4.98 Å². The quantitative estimate of drug-likeness (QED) is 0.868. The van der Waals surface area contributed by atoms with Gasteiger partial charge in [0.1, 0.15) is 17.4 Å². The molecule has 0 amide bonds. The van der Waals surface area contributed by atoms with Gasteiger partial charge in [-0.25, -0.2) is 4.39 Å². The third kappa shape index (κ3) is 2.13. The number of hydrogen-bond donors (Lipinski definition) is 1. The molecule has 0 atom stereocenters. The van der Waals surface area contributed by atoms with Gasteiger partial charge >= 0.3 is 0 Å². The maximum absolute atomic E-state index is 13.9. The molecule has 0 spiro atoms. The molecule has 0 aliphatic carbocycles. The largest absolute Gasteiger partial charge is 0.320 e. The number of halogens is 2. The molecule has 0 radical (unpaired) electrons. The second kappa shape index (κ2) is 4.87. The van der Waals surface area contributed by atoms with E-state index < -0.39 is 11.4 Å². The number of aromatic nitrogens is 1. The van der Waals surface area contributed by atoms with Crippen molar-refractivity contribution in [2.24, 2.45) is 0 Å². The lowest BCUT2D eigenvalue weighted by atomic mass is 9.99. The smallest absolute Gasteiger partial charge is 0.266 e. The van der Waals surface area contributed by atoms with E-state index in [9.17, 15) is 9.18 Å². The van der Waals surface area contributed by atoms with Crippen LogP contribution in [0.1, 0.15) is 16.7 Å². The second-order valence-electron chi connectivity index (χ2n) is 4.16. The molecule has 1 aromatic carbocycles. The molecule has 19 heavy (non-hydrogen) atoms. The minimum atomic E-state index is -0.542. The van der Waals surface area contributed by atoms with Crippen LogP contribution in [0.25, 0.3) is 11.3 Å². The number of aromatic amines is 1. The highest BCUT2D eigenvalue weighted by Gasteiger charge is 2.17. The van der Waals surface area contributed by atoms with Crippen molar-refractivity contribution in [3.63, 3.8) is 0 Å². The monoisotopic (exact) mass is 276 g/mol. The van der Waals surface area contributed by atoms with Gasteiger partial charge in [-0.05, 0) is 37.1 Å². The summed E-state index contributed by atoms with van der Waals surface area (Å²) >= 11 is 5.99. The first-order valence-corrected chi connectivity index (χ1v) is 5.93. The molecular weight excluding hydrogens is 267 g/mol. The van der Waals surface area contributed by atoms with Gasteiger partial charge in [-0.3, -0.25) is 4.79 Å². The van der Waals surface area contributed by atoms with Crippen LogP contribution in [0.3, 0.4) is 0 Å². The van der Waals surface area contributed by atoms with Crippen LogP contribution in [0.5, 0.6) is 0 Å². The fraction of sp³-hybridized carbons (Fsp3) is 0.143. The Morgan fingerprint density at radius 2 is 2.00 bits per heavy atom. The van der Waals surface area contributed by atoms with Crippen molar-refractivity contribution >= 4 is 11.6 Å². The summed E-state index contributed by atoms with van der Waals surface area (Å²) < 4.78 is 13.9. The number of benzene rings is 1. The topological polar surface area (TPSA) is 56.6 Å². The number of nitrogens with one attached hydrogen (secondary N) is 1. The Hall–Kier alpha value is -2.12. The van der Waals surface area contributed by atoms with E-state index in [-0.39, 0.29) is 16.1 Å². The standard InChI is InChI=1S/C14H10ClFN2O/c1-7-8(2)13(18-14(19)9(7)6-17)12-10(15)4-3-5-11(12)16/h3-5H,1-2H3,(H,18,19). The minimum absolute atomic E-state index is 0.0358. The summed E-state index contributed by atoms with van der Waals surface area (Å²) in [6, 6.07) is 6.15. The molecule has 96 valence electrons. The number of H-pyrrole nitrogens is 1. The summed E-state index contributed by atoms with van der Waals surface area (Å²) in [4.78, 5) is 14.3. The molecule has 0 aliphatic heterocycles. The van der Waals surface area contributed by atoms with Gasteiger partial charge in [0.15, 0.2) is 0 Å². The zero-order chi connectivity index (χ0) is 14.2. The Balaban J connectivity index is 2.86. The highest BCUT2D eigenvalue weighted by molar-refractivity contribution is 6.33. The van der Waals surface area contributed by atoms with Crippen molar-refractivity contribution in [3.8, 4) is 17.3 Å². The van der Waals surface area contributed by atoms with Crippen LogP contribution >= 0.6 is 11.6 Å². The molecule has 0 bridgehead atoms. The maximum Gasteiger partial charge on any atom is 0.266 e. The molecule has 3 nitrogen and oxygen atoms in total. The molecular formula is C14H10ClFN2O. The maximum atomic E-state index is 13.9. The molecule has 1 aromatic heterocycles. The molecule has 5 heteroatoms. The van der Waals surface area contributed by atoms with Crippen molar-refractivity contribution < 1.29 is 4.39 Å². The number of nitriles is 1. The lowest BCUT2D eigenvalue weighted by Crippen LogP contribution is -2.15. The van der Waals surface area contributed by atoms with E-state index >= 15 is 0 Å². The van der Waals surface area contributed by atoms with Gasteiger partial charge in [-0.15, -0.1) is 0 Å². The van der Waals surface area contributed by atoms with E-state index in [1.54, 1.807) is 19.9 Å². The molecule has 0 saturated heterocycles. The fourth-order valence-corrected chi connectivity index (χ4v) is 2.19. The molecule has 0 unspecified atom stereocenters. The fourth-order valence-electron chi connectivity index (χ4n) is 1.94. The zero-order valence-electron chi connectivity index (χ0n) is 10.3. The van der Waals surface area contributed by atoms with Gasteiger partial charge in [0.2, 0.25) is 0 Å². The van der Waals surface area contributed by atoms with Crippen LogP contribution in [-0.4, -0.2) is 4.98 Å². The Kier molecular flexibility index (Phi) is 3.41. The van der Waals surface area contributed by atoms with Crippen LogP contribution in [0.2, 0.25) is 5.02 Å². The number of pyridine rings is 1. The third-order valence-electron chi connectivity index (χ3n) is 3.10. The van der Waals surface area contributed by atoms with E-state index in [0.717, 1.165) is 0 Å². The van der Waals surface area contributed by atoms with E-state index in [1.165, 1.54) is 12.1 Å². The van der Waals surface area contributed by atoms with Crippen molar-refractivity contribution in [1.29, 1.82) is 5.26 Å². The highest BCUT2D eigenvalue weighted by Crippen LogP contribution is 2.31. The van der Waals surface area contributed by atoms with Crippen LogP contribution in [-0.2, 0) is 0 Å². The first kappa shape index (κ1) is 13.3. The summed E-state index contributed by atoms with van der Waals surface area (Å²) in [6.45, 7) is 3.37. The Morgan fingerprint density at radius 1 is 1.32 bits per heavy atom. The SMILES string of the molecule is Cc1c(-c2c(F)cccc2Cl)[nH]c(=O)c(C#N)c1C. The Bertz CT molecular complexity index is 739. The van der Waals surface area contributed by atoms with E-state index in [4.69, 9.17) is 16.9 Å². The van der Waals surface area contributed by atoms with Crippen molar-refractivity contribution in [3.05, 3.63) is 56.1 Å². The van der Waals surface area contributed by atoms with Crippen LogP contribution in [0.4, 0.5) is 4.39 Å². The van der Waals surface area contributed by atoms with Crippen LogP contribution in [0.15, 0.2) is 23.0 Å². The molecule has 2 rings (SSSR count). The molecule has 0 saturated carbocycles. The average Bonchev–Trinajstić information content (AvgIpc) is 2.35.